The zero-order valence-corrected chi connectivity index (χ0v) is 16.9. The standard InChI is InChI=1S/C20H22N4O4S/c1-3-22-20(25)17-12-16(8-9-19(17)28-2)29(26,27)23-13-15-6-4-5-7-18(15)24-11-10-21-14-24/h4-12,14,23H,3,13H2,1-2H3,(H,22,25). The molecule has 0 atom stereocenters. The van der Waals surface area contributed by atoms with Gasteiger partial charge in [-0.2, -0.15) is 0 Å². The van der Waals surface area contributed by atoms with Gasteiger partial charge in [0.1, 0.15) is 5.75 Å². The number of hydrogen-bond donors (Lipinski definition) is 2. The van der Waals surface area contributed by atoms with Crippen molar-refractivity contribution in [1.29, 1.82) is 0 Å². The molecule has 0 fully saturated rings. The number of carbonyl (C=O) groups is 1. The summed E-state index contributed by atoms with van der Waals surface area (Å²) < 4.78 is 35.3. The molecular weight excluding hydrogens is 392 g/mol. The summed E-state index contributed by atoms with van der Waals surface area (Å²) in [6.45, 7) is 2.28. The van der Waals surface area contributed by atoms with E-state index in [0.29, 0.717) is 12.3 Å². The molecule has 29 heavy (non-hydrogen) atoms. The molecule has 0 bridgehead atoms. The SMILES string of the molecule is CCNC(=O)c1cc(S(=O)(=O)NCc2ccccc2-n2ccnc2)ccc1OC. The third-order valence-corrected chi connectivity index (χ3v) is 5.69. The number of nitrogens with one attached hydrogen (secondary N) is 2. The normalized spacial score (nSPS) is 11.2. The number of para-hydroxylation sites is 1. The minimum absolute atomic E-state index is 0.0142. The number of aromatic nitrogens is 2. The van der Waals surface area contributed by atoms with E-state index < -0.39 is 15.9 Å². The molecule has 3 aromatic rings. The van der Waals surface area contributed by atoms with E-state index in [0.717, 1.165) is 11.3 Å². The van der Waals surface area contributed by atoms with E-state index in [4.69, 9.17) is 4.74 Å². The molecule has 0 aliphatic heterocycles. The van der Waals surface area contributed by atoms with Crippen LogP contribution in [0.3, 0.4) is 0 Å². The molecule has 1 heterocycles. The summed E-state index contributed by atoms with van der Waals surface area (Å²) in [5.74, 6) is -0.0905. The van der Waals surface area contributed by atoms with Gasteiger partial charge in [-0.1, -0.05) is 18.2 Å². The maximum Gasteiger partial charge on any atom is 0.255 e. The van der Waals surface area contributed by atoms with Crippen LogP contribution in [0.2, 0.25) is 0 Å². The van der Waals surface area contributed by atoms with Crippen LogP contribution in [0.4, 0.5) is 0 Å². The van der Waals surface area contributed by atoms with Gasteiger partial charge in [0.15, 0.2) is 0 Å². The van der Waals surface area contributed by atoms with Crippen LogP contribution < -0.4 is 14.8 Å². The van der Waals surface area contributed by atoms with E-state index in [1.165, 1.54) is 25.3 Å². The Morgan fingerprint density at radius 3 is 2.69 bits per heavy atom. The van der Waals surface area contributed by atoms with Crippen molar-refractivity contribution in [3.63, 3.8) is 0 Å². The Kier molecular flexibility index (Phi) is 6.30. The van der Waals surface area contributed by atoms with Gasteiger partial charge >= 0.3 is 0 Å². The van der Waals surface area contributed by atoms with Crippen molar-refractivity contribution in [2.75, 3.05) is 13.7 Å². The Morgan fingerprint density at radius 1 is 1.21 bits per heavy atom. The summed E-state index contributed by atoms with van der Waals surface area (Å²) in [4.78, 5) is 16.3. The molecule has 1 amide bonds. The first-order valence-electron chi connectivity index (χ1n) is 8.98. The monoisotopic (exact) mass is 414 g/mol. The number of ether oxygens (including phenoxy) is 1. The number of methoxy groups -OCH3 is 1. The van der Waals surface area contributed by atoms with E-state index in [1.807, 2.05) is 28.8 Å². The molecule has 8 nitrogen and oxygen atoms in total. The highest BCUT2D eigenvalue weighted by Crippen LogP contribution is 2.23. The fourth-order valence-electron chi connectivity index (χ4n) is 2.86. The summed E-state index contributed by atoms with van der Waals surface area (Å²) >= 11 is 0. The van der Waals surface area contributed by atoms with Gasteiger partial charge < -0.3 is 14.6 Å². The average molecular weight is 414 g/mol. The Balaban J connectivity index is 1.86. The Morgan fingerprint density at radius 2 is 2.00 bits per heavy atom. The van der Waals surface area contributed by atoms with Crippen LogP contribution in [0, 0.1) is 0 Å². The second-order valence-electron chi connectivity index (χ2n) is 6.14. The second-order valence-corrected chi connectivity index (χ2v) is 7.91. The van der Waals surface area contributed by atoms with Crippen LogP contribution in [0.25, 0.3) is 5.69 Å². The molecule has 0 aliphatic rings. The molecule has 1 aromatic heterocycles. The molecule has 2 N–H and O–H groups in total. The van der Waals surface area contributed by atoms with E-state index in [-0.39, 0.29) is 17.0 Å². The maximum atomic E-state index is 12.8. The van der Waals surface area contributed by atoms with Crippen molar-refractivity contribution in [3.8, 4) is 11.4 Å². The number of nitrogens with zero attached hydrogens (tertiary/aromatic N) is 2. The first kappa shape index (κ1) is 20.6. The van der Waals surface area contributed by atoms with Crippen LogP contribution in [-0.2, 0) is 16.6 Å². The van der Waals surface area contributed by atoms with Crippen molar-refractivity contribution in [3.05, 3.63) is 72.3 Å². The predicted molar refractivity (Wildman–Crippen MR) is 109 cm³/mol. The topological polar surface area (TPSA) is 102 Å². The van der Waals surface area contributed by atoms with Crippen molar-refractivity contribution in [1.82, 2.24) is 19.6 Å². The fourth-order valence-corrected chi connectivity index (χ4v) is 3.89. The van der Waals surface area contributed by atoms with Crippen molar-refractivity contribution in [2.45, 2.75) is 18.4 Å². The van der Waals surface area contributed by atoms with Crippen LogP contribution in [0.15, 0.2) is 66.1 Å². The van der Waals surface area contributed by atoms with E-state index in [1.54, 1.807) is 25.6 Å². The quantitative estimate of drug-likeness (QED) is 0.588. The molecule has 0 saturated carbocycles. The highest BCUT2D eigenvalue weighted by atomic mass is 32.2. The molecule has 0 radical (unpaired) electrons. The van der Waals surface area contributed by atoms with Gasteiger partial charge in [-0.25, -0.2) is 18.1 Å². The lowest BCUT2D eigenvalue weighted by Crippen LogP contribution is -2.26. The lowest BCUT2D eigenvalue weighted by molar-refractivity contribution is 0.0952. The highest BCUT2D eigenvalue weighted by molar-refractivity contribution is 7.89. The third-order valence-electron chi connectivity index (χ3n) is 4.29. The van der Waals surface area contributed by atoms with Gasteiger partial charge in [0, 0.05) is 25.5 Å². The van der Waals surface area contributed by atoms with E-state index in [9.17, 15) is 13.2 Å². The van der Waals surface area contributed by atoms with Crippen LogP contribution in [0.1, 0.15) is 22.8 Å². The molecule has 152 valence electrons. The first-order chi connectivity index (χ1) is 14.0. The Bertz CT molecular complexity index is 1100. The number of benzene rings is 2. The molecule has 0 unspecified atom stereocenters. The summed E-state index contributed by atoms with van der Waals surface area (Å²) in [5, 5.41) is 2.65. The zero-order valence-electron chi connectivity index (χ0n) is 16.1. The highest BCUT2D eigenvalue weighted by Gasteiger charge is 2.20. The number of amides is 1. The molecule has 3 rings (SSSR count). The molecular formula is C20H22N4O4S. The van der Waals surface area contributed by atoms with Crippen LogP contribution >= 0.6 is 0 Å². The predicted octanol–water partition coefficient (Wildman–Crippen LogP) is 2.11. The van der Waals surface area contributed by atoms with Crippen molar-refractivity contribution in [2.24, 2.45) is 0 Å². The molecule has 2 aromatic carbocycles. The molecule has 0 spiro atoms. The molecule has 0 saturated heterocycles. The largest absolute Gasteiger partial charge is 0.496 e. The van der Waals surface area contributed by atoms with Gasteiger partial charge in [0.2, 0.25) is 10.0 Å². The summed E-state index contributed by atoms with van der Waals surface area (Å²) in [6.07, 6.45) is 5.09. The molecule has 9 heteroatoms. The lowest BCUT2D eigenvalue weighted by Gasteiger charge is -2.13. The third kappa shape index (κ3) is 4.64. The van der Waals surface area contributed by atoms with Crippen LogP contribution in [-0.4, -0.2) is 37.5 Å². The minimum Gasteiger partial charge on any atom is -0.496 e. The first-order valence-corrected chi connectivity index (χ1v) is 10.5. The average Bonchev–Trinajstić information content (AvgIpc) is 3.27. The fraction of sp³-hybridized carbons (Fsp3) is 0.200. The van der Waals surface area contributed by atoms with E-state index in [2.05, 4.69) is 15.0 Å². The Hall–Kier alpha value is -3.17. The summed E-state index contributed by atoms with van der Waals surface area (Å²) in [5.41, 5.74) is 1.77. The maximum absolute atomic E-state index is 12.8. The van der Waals surface area contributed by atoms with Crippen LogP contribution in [0.5, 0.6) is 5.75 Å². The number of imidazole rings is 1. The lowest BCUT2D eigenvalue weighted by atomic mass is 10.2. The van der Waals surface area contributed by atoms with Gasteiger partial charge in [0.25, 0.3) is 5.91 Å². The van der Waals surface area contributed by atoms with Crippen molar-refractivity contribution >= 4 is 15.9 Å². The summed E-state index contributed by atoms with van der Waals surface area (Å²) in [7, 11) is -2.42. The van der Waals surface area contributed by atoms with Crippen molar-refractivity contribution < 1.29 is 17.9 Å². The number of rotatable bonds is 8. The van der Waals surface area contributed by atoms with Gasteiger partial charge in [-0.05, 0) is 36.8 Å². The zero-order chi connectivity index (χ0) is 20.9. The van der Waals surface area contributed by atoms with Gasteiger partial charge in [-0.15, -0.1) is 0 Å². The summed E-state index contributed by atoms with van der Waals surface area (Å²) in [6, 6.07) is 11.6. The second kappa shape index (κ2) is 8.89. The number of hydrogen-bond acceptors (Lipinski definition) is 5. The minimum atomic E-state index is -3.85. The molecule has 0 aliphatic carbocycles. The van der Waals surface area contributed by atoms with Gasteiger partial charge in [-0.3, -0.25) is 4.79 Å². The smallest absolute Gasteiger partial charge is 0.255 e. The Labute approximate surface area is 169 Å². The van der Waals surface area contributed by atoms with Gasteiger partial charge in [0.05, 0.1) is 29.6 Å². The number of carbonyl (C=O) groups excluding carboxylic acids is 1. The number of sulfonamides is 1. The van der Waals surface area contributed by atoms with E-state index >= 15 is 0 Å².